The summed E-state index contributed by atoms with van der Waals surface area (Å²) in [6.45, 7) is 4.21. The number of pyridine rings is 1. The van der Waals surface area contributed by atoms with Crippen LogP contribution in [0.1, 0.15) is 24.3 Å². The molecule has 23 heavy (non-hydrogen) atoms. The maximum absolute atomic E-state index is 12.7. The van der Waals surface area contributed by atoms with Gasteiger partial charge in [-0.25, -0.2) is 13.4 Å². The molecule has 0 saturated heterocycles. The van der Waals surface area contributed by atoms with Crippen LogP contribution in [0.5, 0.6) is 0 Å². The Morgan fingerprint density at radius 1 is 1.48 bits per heavy atom. The minimum atomic E-state index is -3.57. The summed E-state index contributed by atoms with van der Waals surface area (Å²) in [7, 11) is -3.57. The first-order chi connectivity index (χ1) is 10.8. The molecule has 2 rings (SSSR count). The molecule has 0 aliphatic carbocycles. The van der Waals surface area contributed by atoms with Gasteiger partial charge < -0.3 is 4.90 Å². The monoisotopic (exact) mass is 334 g/mol. The van der Waals surface area contributed by atoms with Crippen LogP contribution in [-0.2, 0) is 9.84 Å². The fourth-order valence-electron chi connectivity index (χ4n) is 2.31. The second kappa shape index (κ2) is 6.38. The number of hydrogen-bond acceptors (Lipinski definition) is 5. The number of nitrogens with zero attached hydrogens (tertiary/aromatic N) is 4. The van der Waals surface area contributed by atoms with Crippen LogP contribution in [0, 0.1) is 17.2 Å². The predicted molar refractivity (Wildman–Crippen MR) is 84.7 cm³/mol. The number of carbonyl (C=O) groups is 1. The molecule has 0 fully saturated rings. The molecule has 2 aromatic rings. The summed E-state index contributed by atoms with van der Waals surface area (Å²) in [6.07, 6.45) is 2.61. The zero-order valence-corrected chi connectivity index (χ0v) is 14.0. The fraction of sp³-hybridized carbons (Fsp3) is 0.400. The van der Waals surface area contributed by atoms with Crippen molar-refractivity contribution in [3.8, 4) is 6.07 Å². The van der Waals surface area contributed by atoms with Crippen molar-refractivity contribution < 1.29 is 13.2 Å². The van der Waals surface area contributed by atoms with Gasteiger partial charge in [0.25, 0.3) is 5.91 Å². The highest BCUT2D eigenvalue weighted by molar-refractivity contribution is 7.90. The molecule has 2 aromatic heterocycles. The molecule has 8 heteroatoms. The van der Waals surface area contributed by atoms with Crippen LogP contribution >= 0.6 is 0 Å². The SMILES string of the molecule is CCN(C[C@H](C)C#N)C(=O)c1nc(S(C)(=O)=O)n2ccccc12. The summed E-state index contributed by atoms with van der Waals surface area (Å²) in [5.41, 5.74) is 0.513. The lowest BCUT2D eigenvalue weighted by Gasteiger charge is -2.21. The molecule has 1 amide bonds. The maximum Gasteiger partial charge on any atom is 0.274 e. The van der Waals surface area contributed by atoms with Crippen molar-refractivity contribution in [1.29, 1.82) is 5.26 Å². The number of sulfone groups is 1. The highest BCUT2D eigenvalue weighted by atomic mass is 32.2. The fourth-order valence-corrected chi connectivity index (χ4v) is 3.08. The number of aromatic nitrogens is 2. The predicted octanol–water partition coefficient (Wildman–Crippen LogP) is 1.36. The molecule has 2 heterocycles. The van der Waals surface area contributed by atoms with Gasteiger partial charge in [-0.3, -0.25) is 9.20 Å². The average molecular weight is 334 g/mol. The maximum atomic E-state index is 12.7. The summed E-state index contributed by atoms with van der Waals surface area (Å²) in [5.74, 6) is -0.699. The zero-order chi connectivity index (χ0) is 17.2. The Kier molecular flexibility index (Phi) is 4.71. The summed E-state index contributed by atoms with van der Waals surface area (Å²) < 4.78 is 25.2. The van der Waals surface area contributed by atoms with Crippen LogP contribution in [0.25, 0.3) is 5.52 Å². The van der Waals surface area contributed by atoms with Crippen LogP contribution in [-0.4, -0.2) is 48.0 Å². The Balaban J connectivity index is 2.55. The minimum absolute atomic E-state index is 0.0815. The third kappa shape index (κ3) is 3.35. The molecule has 122 valence electrons. The molecule has 0 spiro atoms. The van der Waals surface area contributed by atoms with E-state index in [0.717, 1.165) is 6.26 Å². The number of imidazole rings is 1. The first kappa shape index (κ1) is 17.0. The van der Waals surface area contributed by atoms with Crippen molar-refractivity contribution in [2.24, 2.45) is 5.92 Å². The second-order valence-electron chi connectivity index (χ2n) is 5.34. The Hall–Kier alpha value is -2.40. The zero-order valence-electron chi connectivity index (χ0n) is 13.2. The van der Waals surface area contributed by atoms with E-state index in [-0.39, 0.29) is 29.2 Å². The van der Waals surface area contributed by atoms with Crippen molar-refractivity contribution in [3.63, 3.8) is 0 Å². The van der Waals surface area contributed by atoms with Gasteiger partial charge in [0.05, 0.1) is 17.5 Å². The van der Waals surface area contributed by atoms with Crippen LogP contribution in [0.4, 0.5) is 0 Å². The number of nitriles is 1. The van der Waals surface area contributed by atoms with Gasteiger partial charge in [0.1, 0.15) is 0 Å². The molecule has 0 radical (unpaired) electrons. The minimum Gasteiger partial charge on any atom is -0.336 e. The van der Waals surface area contributed by atoms with E-state index < -0.39 is 9.84 Å². The van der Waals surface area contributed by atoms with E-state index in [9.17, 15) is 13.2 Å². The number of amides is 1. The molecule has 0 bridgehead atoms. The van der Waals surface area contributed by atoms with Crippen molar-refractivity contribution in [3.05, 3.63) is 30.1 Å². The molecular weight excluding hydrogens is 316 g/mol. The molecule has 0 aromatic carbocycles. The van der Waals surface area contributed by atoms with E-state index in [1.165, 1.54) is 9.30 Å². The average Bonchev–Trinajstić information content (AvgIpc) is 2.91. The molecule has 0 aliphatic heterocycles. The third-order valence-electron chi connectivity index (χ3n) is 3.43. The van der Waals surface area contributed by atoms with Gasteiger partial charge in [0.15, 0.2) is 5.69 Å². The summed E-state index contributed by atoms with van der Waals surface area (Å²) in [6, 6.07) is 7.13. The van der Waals surface area contributed by atoms with Crippen LogP contribution in [0.15, 0.2) is 29.6 Å². The molecule has 0 aliphatic rings. The van der Waals surface area contributed by atoms with E-state index in [2.05, 4.69) is 11.1 Å². The normalized spacial score (nSPS) is 12.8. The molecule has 1 atom stereocenters. The van der Waals surface area contributed by atoms with E-state index in [0.29, 0.717) is 12.1 Å². The quantitative estimate of drug-likeness (QED) is 0.822. The number of fused-ring (bicyclic) bond motifs is 1. The standard InChI is InChI=1S/C15H18N4O3S/c1-4-18(10-11(2)9-16)14(20)13-12-7-5-6-8-19(12)15(17-13)23(3,21)22/h5-8,11H,4,10H2,1-3H3/t11-/m1/s1. The first-order valence-corrected chi connectivity index (χ1v) is 9.04. The lowest BCUT2D eigenvalue weighted by molar-refractivity contribution is 0.0749. The topological polar surface area (TPSA) is 95.5 Å². The van der Waals surface area contributed by atoms with Crippen molar-refractivity contribution in [2.45, 2.75) is 19.0 Å². The number of hydrogen-bond donors (Lipinski definition) is 0. The van der Waals surface area contributed by atoms with Gasteiger partial charge in [-0.05, 0) is 26.0 Å². The molecule has 0 N–H and O–H groups in total. The summed E-state index contributed by atoms with van der Waals surface area (Å²) in [4.78, 5) is 18.3. The van der Waals surface area contributed by atoms with E-state index >= 15 is 0 Å². The smallest absolute Gasteiger partial charge is 0.274 e. The van der Waals surface area contributed by atoms with Gasteiger partial charge in [0, 0.05) is 25.5 Å². The lowest BCUT2D eigenvalue weighted by atomic mass is 10.2. The van der Waals surface area contributed by atoms with Crippen molar-refractivity contribution >= 4 is 21.3 Å². The number of carbonyl (C=O) groups excluding carboxylic acids is 1. The van der Waals surface area contributed by atoms with Crippen LogP contribution < -0.4 is 0 Å². The number of rotatable bonds is 5. The Morgan fingerprint density at radius 3 is 2.74 bits per heavy atom. The lowest BCUT2D eigenvalue weighted by Crippen LogP contribution is -2.34. The largest absolute Gasteiger partial charge is 0.336 e. The highest BCUT2D eigenvalue weighted by Gasteiger charge is 2.26. The van der Waals surface area contributed by atoms with E-state index in [4.69, 9.17) is 5.26 Å². The molecule has 7 nitrogen and oxygen atoms in total. The van der Waals surface area contributed by atoms with Gasteiger partial charge in [0.2, 0.25) is 15.0 Å². The third-order valence-corrected chi connectivity index (χ3v) is 4.39. The summed E-state index contributed by atoms with van der Waals surface area (Å²) >= 11 is 0. The Bertz CT molecular complexity index is 880. The van der Waals surface area contributed by atoms with Crippen molar-refractivity contribution in [2.75, 3.05) is 19.3 Å². The van der Waals surface area contributed by atoms with E-state index in [1.807, 2.05) is 0 Å². The van der Waals surface area contributed by atoms with Gasteiger partial charge in [-0.15, -0.1) is 0 Å². The van der Waals surface area contributed by atoms with Gasteiger partial charge in [-0.1, -0.05) is 6.07 Å². The van der Waals surface area contributed by atoms with E-state index in [1.54, 1.807) is 38.2 Å². The van der Waals surface area contributed by atoms with Crippen LogP contribution in [0.2, 0.25) is 0 Å². The van der Waals surface area contributed by atoms with Gasteiger partial charge in [-0.2, -0.15) is 5.26 Å². The second-order valence-corrected chi connectivity index (χ2v) is 7.25. The summed E-state index contributed by atoms with van der Waals surface area (Å²) in [5, 5.41) is 8.76. The molecule has 0 saturated carbocycles. The Labute approximate surface area is 135 Å². The molecule has 0 unspecified atom stereocenters. The first-order valence-electron chi connectivity index (χ1n) is 7.15. The van der Waals surface area contributed by atoms with Gasteiger partial charge >= 0.3 is 0 Å². The highest BCUT2D eigenvalue weighted by Crippen LogP contribution is 2.19. The molecular formula is C15H18N4O3S. The van der Waals surface area contributed by atoms with Crippen LogP contribution in [0.3, 0.4) is 0 Å². The van der Waals surface area contributed by atoms with Crippen molar-refractivity contribution in [1.82, 2.24) is 14.3 Å². The Morgan fingerprint density at radius 2 is 2.17 bits per heavy atom.